The first-order valence-corrected chi connectivity index (χ1v) is 8.62. The Labute approximate surface area is 145 Å². The van der Waals surface area contributed by atoms with Gasteiger partial charge in [-0.15, -0.1) is 10.2 Å². The third-order valence-electron chi connectivity index (χ3n) is 4.07. The lowest BCUT2D eigenvalue weighted by Crippen LogP contribution is -2.23. The molecule has 0 aromatic carbocycles. The lowest BCUT2D eigenvalue weighted by Gasteiger charge is -2.12. The molecule has 0 saturated heterocycles. The van der Waals surface area contributed by atoms with Crippen molar-refractivity contribution in [2.24, 2.45) is 4.99 Å². The minimum absolute atomic E-state index is 0.159. The van der Waals surface area contributed by atoms with Crippen LogP contribution in [0.5, 0.6) is 0 Å². The van der Waals surface area contributed by atoms with Gasteiger partial charge in [0.15, 0.2) is 12.2 Å². The van der Waals surface area contributed by atoms with Crippen molar-refractivity contribution in [1.29, 1.82) is 0 Å². The highest BCUT2D eigenvalue weighted by Crippen LogP contribution is 2.29. The Bertz CT molecular complexity index is 986. The lowest BCUT2D eigenvalue weighted by molar-refractivity contribution is 0.558. The maximum atomic E-state index is 12.9. The van der Waals surface area contributed by atoms with Gasteiger partial charge >= 0.3 is 0 Å². The zero-order chi connectivity index (χ0) is 16.7. The molecule has 1 aliphatic heterocycles. The van der Waals surface area contributed by atoms with E-state index in [-0.39, 0.29) is 5.56 Å². The van der Waals surface area contributed by atoms with Crippen LogP contribution in [-0.4, -0.2) is 28.8 Å². The Kier molecular flexibility index (Phi) is 3.79. The Morgan fingerprint density at radius 3 is 2.96 bits per heavy atom. The summed E-state index contributed by atoms with van der Waals surface area (Å²) in [5, 5.41) is 8.38. The van der Waals surface area contributed by atoms with Gasteiger partial charge in [0.1, 0.15) is 17.8 Å². The molecule has 24 heavy (non-hydrogen) atoms. The van der Waals surface area contributed by atoms with Gasteiger partial charge in [0.2, 0.25) is 5.78 Å². The predicted octanol–water partition coefficient (Wildman–Crippen LogP) is 2.72. The molecule has 0 aliphatic carbocycles. The number of hydrogen-bond acceptors (Lipinski definition) is 6. The molecule has 3 aromatic heterocycles. The number of aromatic nitrogens is 5. The average molecular weight is 391 g/mol. The topological polar surface area (TPSA) is 90.6 Å². The van der Waals surface area contributed by atoms with Gasteiger partial charge in [0.25, 0.3) is 5.56 Å². The summed E-state index contributed by atoms with van der Waals surface area (Å²) in [5.74, 6) is 1.55. The average Bonchev–Trinajstić information content (AvgIpc) is 3.28. The van der Waals surface area contributed by atoms with Gasteiger partial charge in [-0.3, -0.25) is 9.36 Å². The summed E-state index contributed by atoms with van der Waals surface area (Å²) in [4.78, 5) is 21.5. The molecule has 0 N–H and O–H groups in total. The molecule has 9 heteroatoms. The molecule has 0 unspecified atom stereocenters. The van der Waals surface area contributed by atoms with Crippen molar-refractivity contribution in [2.75, 3.05) is 0 Å². The van der Waals surface area contributed by atoms with Crippen molar-refractivity contribution in [3.8, 4) is 11.5 Å². The molecule has 0 spiro atoms. The van der Waals surface area contributed by atoms with E-state index in [1.54, 1.807) is 0 Å². The van der Waals surface area contributed by atoms with Gasteiger partial charge in [-0.25, -0.2) is 14.4 Å². The third kappa shape index (κ3) is 2.31. The first-order chi connectivity index (χ1) is 11.7. The fraction of sp³-hybridized carbons (Fsp3) is 0.400. The van der Waals surface area contributed by atoms with E-state index in [0.29, 0.717) is 35.1 Å². The summed E-state index contributed by atoms with van der Waals surface area (Å²) in [6, 6.07) is 0. The third-order valence-corrected chi connectivity index (χ3v) is 4.53. The van der Waals surface area contributed by atoms with E-state index < -0.39 is 0 Å². The molecule has 0 radical (unpaired) electrons. The van der Waals surface area contributed by atoms with Crippen LogP contribution in [-0.2, 0) is 13.0 Å². The van der Waals surface area contributed by atoms with Gasteiger partial charge in [0, 0.05) is 13.0 Å². The van der Waals surface area contributed by atoms with Crippen LogP contribution in [0, 0.1) is 0 Å². The highest BCUT2D eigenvalue weighted by Gasteiger charge is 2.26. The normalized spacial score (nSPS) is 13.5. The van der Waals surface area contributed by atoms with E-state index >= 15 is 0 Å². The quantitative estimate of drug-likeness (QED) is 0.624. The van der Waals surface area contributed by atoms with Crippen LogP contribution in [0.3, 0.4) is 0 Å². The van der Waals surface area contributed by atoms with Crippen molar-refractivity contribution in [3.05, 3.63) is 28.6 Å². The number of hydrogen-bond donors (Lipinski definition) is 0. The zero-order valence-corrected chi connectivity index (χ0v) is 14.7. The molecule has 4 rings (SSSR count). The number of rotatable bonds is 5. The molecular weight excluding hydrogens is 376 g/mol. The molecule has 1 aliphatic rings. The predicted molar refractivity (Wildman–Crippen MR) is 92.0 cm³/mol. The van der Waals surface area contributed by atoms with E-state index in [0.717, 1.165) is 30.4 Å². The smallest absolute Gasteiger partial charge is 0.266 e. The van der Waals surface area contributed by atoms with Gasteiger partial charge < -0.3 is 4.42 Å². The molecule has 0 fully saturated rings. The largest absolute Gasteiger partial charge is 0.451 e. The SMILES string of the molecule is CCCCCn1c2c(c(=O)n3c(-c4cocn4)nnc13)CC(Br)=N2. The van der Waals surface area contributed by atoms with Crippen LogP contribution >= 0.6 is 15.9 Å². The van der Waals surface area contributed by atoms with Crippen LogP contribution in [0.2, 0.25) is 0 Å². The maximum Gasteiger partial charge on any atom is 0.266 e. The number of aryl methyl sites for hydroxylation is 1. The number of fused-ring (bicyclic) bond motifs is 2. The number of nitrogens with zero attached hydrogens (tertiary/aromatic N) is 6. The van der Waals surface area contributed by atoms with Crippen molar-refractivity contribution in [1.82, 2.24) is 24.1 Å². The number of oxazole rings is 1. The van der Waals surface area contributed by atoms with Crippen LogP contribution in [0.4, 0.5) is 5.82 Å². The van der Waals surface area contributed by atoms with Crippen LogP contribution in [0.25, 0.3) is 17.3 Å². The summed E-state index contributed by atoms with van der Waals surface area (Å²) in [5.41, 5.74) is 0.973. The molecule has 4 heterocycles. The monoisotopic (exact) mass is 390 g/mol. The molecule has 0 amide bonds. The molecule has 0 atom stereocenters. The van der Waals surface area contributed by atoms with E-state index in [1.165, 1.54) is 17.1 Å². The highest BCUT2D eigenvalue weighted by molar-refractivity contribution is 9.18. The molecule has 0 saturated carbocycles. The second kappa shape index (κ2) is 5.97. The summed E-state index contributed by atoms with van der Waals surface area (Å²) >= 11 is 3.41. The first-order valence-electron chi connectivity index (χ1n) is 7.83. The minimum atomic E-state index is -0.159. The fourth-order valence-electron chi connectivity index (χ4n) is 2.92. The summed E-state index contributed by atoms with van der Waals surface area (Å²) in [7, 11) is 0. The highest BCUT2D eigenvalue weighted by atomic mass is 79.9. The van der Waals surface area contributed by atoms with E-state index in [2.05, 4.69) is 43.0 Å². The van der Waals surface area contributed by atoms with Crippen LogP contribution in [0.15, 0.2) is 26.9 Å². The molecule has 3 aromatic rings. The van der Waals surface area contributed by atoms with E-state index in [4.69, 9.17) is 4.42 Å². The minimum Gasteiger partial charge on any atom is -0.451 e. The summed E-state index contributed by atoms with van der Waals surface area (Å²) in [6.07, 6.45) is 6.44. The number of aliphatic imine (C=N–C) groups is 1. The van der Waals surface area contributed by atoms with Crippen molar-refractivity contribution < 1.29 is 4.42 Å². The van der Waals surface area contributed by atoms with Crippen molar-refractivity contribution in [2.45, 2.75) is 39.2 Å². The Morgan fingerprint density at radius 1 is 1.33 bits per heavy atom. The number of halogens is 1. The first kappa shape index (κ1) is 15.3. The molecular formula is C15H15BrN6O2. The van der Waals surface area contributed by atoms with E-state index in [1.807, 2.05) is 4.57 Å². The van der Waals surface area contributed by atoms with Gasteiger partial charge in [-0.2, -0.15) is 0 Å². The van der Waals surface area contributed by atoms with Gasteiger partial charge in [0.05, 0.1) is 10.2 Å². The van der Waals surface area contributed by atoms with Gasteiger partial charge in [-0.1, -0.05) is 19.8 Å². The summed E-state index contributed by atoms with van der Waals surface area (Å²) < 4.78 is 9.24. The Hall–Kier alpha value is -2.29. The second-order valence-corrected chi connectivity index (χ2v) is 6.58. The molecule has 8 nitrogen and oxygen atoms in total. The Balaban J connectivity index is 1.96. The van der Waals surface area contributed by atoms with Crippen molar-refractivity contribution in [3.63, 3.8) is 0 Å². The second-order valence-electron chi connectivity index (χ2n) is 5.66. The van der Waals surface area contributed by atoms with Crippen LogP contribution < -0.4 is 5.56 Å². The summed E-state index contributed by atoms with van der Waals surface area (Å²) in [6.45, 7) is 2.89. The number of unbranched alkanes of at least 4 members (excludes halogenated alkanes) is 2. The van der Waals surface area contributed by atoms with E-state index in [9.17, 15) is 4.79 Å². The standard InChI is InChI=1S/C15H15BrN6O2/c1-2-3-4-5-21-12-9(6-11(16)18-12)14(23)22-13(19-20-15(21)22)10-7-24-8-17-10/h7-8H,2-6H2,1H3. The lowest BCUT2D eigenvalue weighted by atomic mass is 10.2. The van der Waals surface area contributed by atoms with Gasteiger partial charge in [-0.05, 0) is 22.4 Å². The Morgan fingerprint density at radius 2 is 2.21 bits per heavy atom. The van der Waals surface area contributed by atoms with Crippen LogP contribution in [0.1, 0.15) is 31.7 Å². The molecule has 124 valence electrons. The fourth-order valence-corrected chi connectivity index (χ4v) is 3.37. The molecule has 0 bridgehead atoms. The van der Waals surface area contributed by atoms with Crippen molar-refractivity contribution >= 4 is 32.1 Å². The zero-order valence-electron chi connectivity index (χ0n) is 13.1. The maximum absolute atomic E-state index is 12.9.